The molecular formula is C10H16N4O. The Bertz CT molecular complexity index is 322. The lowest BCUT2D eigenvalue weighted by atomic mass is 10.2. The number of carbonyl (C=O) groups excluding carboxylic acids is 1. The Morgan fingerprint density at radius 2 is 2.67 bits per heavy atom. The molecule has 2 N–H and O–H groups in total. The number of nitrogens with zero attached hydrogens (tertiary/aromatic N) is 2. The molecule has 0 spiro atoms. The number of likely N-dealkylation sites (tertiary alicyclic amines) is 1. The number of nitrogens with one attached hydrogen (secondary N) is 2. The minimum absolute atomic E-state index is 0.162. The zero-order valence-corrected chi connectivity index (χ0v) is 8.86. The maximum Gasteiger partial charge on any atom is 0.242 e. The van der Waals surface area contributed by atoms with Crippen molar-refractivity contribution in [1.82, 2.24) is 15.1 Å². The van der Waals surface area contributed by atoms with E-state index in [1.54, 1.807) is 12.3 Å². The Hall–Kier alpha value is -1.52. The first kappa shape index (κ1) is 10.0. The van der Waals surface area contributed by atoms with E-state index < -0.39 is 0 Å². The molecule has 2 rings (SSSR count). The number of hydrogen-bond acceptors (Lipinski definition) is 3. The predicted octanol–water partition coefficient (Wildman–Crippen LogP) is 0.832. The average molecular weight is 208 g/mol. The predicted molar refractivity (Wildman–Crippen MR) is 57.5 cm³/mol. The van der Waals surface area contributed by atoms with Gasteiger partial charge in [0.25, 0.3) is 0 Å². The summed E-state index contributed by atoms with van der Waals surface area (Å²) in [7, 11) is 0. The van der Waals surface area contributed by atoms with Gasteiger partial charge in [0.1, 0.15) is 5.82 Å². The Balaban J connectivity index is 1.82. The fourth-order valence-corrected chi connectivity index (χ4v) is 1.93. The van der Waals surface area contributed by atoms with Crippen LogP contribution in [-0.4, -0.2) is 40.1 Å². The molecule has 1 aliphatic heterocycles. The molecule has 1 saturated heterocycles. The van der Waals surface area contributed by atoms with Crippen LogP contribution in [-0.2, 0) is 4.79 Å². The van der Waals surface area contributed by atoms with Crippen LogP contribution in [0.5, 0.6) is 0 Å². The third kappa shape index (κ3) is 2.29. The van der Waals surface area contributed by atoms with Gasteiger partial charge in [-0.2, -0.15) is 5.10 Å². The summed E-state index contributed by atoms with van der Waals surface area (Å²) in [5, 5.41) is 9.58. The van der Waals surface area contributed by atoms with Gasteiger partial charge in [0.05, 0.1) is 12.7 Å². The molecule has 1 aromatic rings. The van der Waals surface area contributed by atoms with Gasteiger partial charge in [-0.15, -0.1) is 0 Å². The van der Waals surface area contributed by atoms with Crippen LogP contribution in [0.4, 0.5) is 5.82 Å². The van der Waals surface area contributed by atoms with E-state index in [0.717, 1.165) is 25.2 Å². The maximum atomic E-state index is 11.8. The van der Waals surface area contributed by atoms with Crippen molar-refractivity contribution in [2.24, 2.45) is 0 Å². The minimum Gasteiger partial charge on any atom is -0.361 e. The lowest BCUT2D eigenvalue weighted by Gasteiger charge is -2.21. The second-order valence-corrected chi connectivity index (χ2v) is 3.90. The Labute approximate surface area is 88.8 Å². The Morgan fingerprint density at radius 1 is 1.80 bits per heavy atom. The summed E-state index contributed by atoms with van der Waals surface area (Å²) in [6.45, 7) is 3.33. The van der Waals surface area contributed by atoms with E-state index in [9.17, 15) is 4.79 Å². The number of anilines is 1. The van der Waals surface area contributed by atoms with Crippen LogP contribution in [0.1, 0.15) is 19.8 Å². The monoisotopic (exact) mass is 208 g/mol. The van der Waals surface area contributed by atoms with E-state index in [-0.39, 0.29) is 5.91 Å². The van der Waals surface area contributed by atoms with Crippen molar-refractivity contribution in [3.05, 3.63) is 12.3 Å². The second-order valence-electron chi connectivity index (χ2n) is 3.90. The highest BCUT2D eigenvalue weighted by Gasteiger charge is 2.24. The normalized spacial score (nSPS) is 20.6. The summed E-state index contributed by atoms with van der Waals surface area (Å²) in [6, 6.07) is 2.20. The van der Waals surface area contributed by atoms with Crippen molar-refractivity contribution in [1.29, 1.82) is 0 Å². The lowest BCUT2D eigenvalue weighted by molar-refractivity contribution is -0.129. The largest absolute Gasteiger partial charge is 0.361 e. The number of rotatable bonds is 3. The summed E-state index contributed by atoms with van der Waals surface area (Å²) >= 11 is 0. The van der Waals surface area contributed by atoms with Crippen molar-refractivity contribution in [3.8, 4) is 0 Å². The van der Waals surface area contributed by atoms with Crippen molar-refractivity contribution >= 4 is 11.7 Å². The number of H-pyrrole nitrogens is 1. The molecule has 0 aromatic carbocycles. The zero-order valence-electron chi connectivity index (χ0n) is 8.86. The summed E-state index contributed by atoms with van der Waals surface area (Å²) in [5.41, 5.74) is 0. The topological polar surface area (TPSA) is 61.0 Å². The van der Waals surface area contributed by atoms with Gasteiger partial charge in [-0.25, -0.2) is 0 Å². The molecule has 82 valence electrons. The fraction of sp³-hybridized carbons (Fsp3) is 0.600. The van der Waals surface area contributed by atoms with E-state index in [4.69, 9.17) is 0 Å². The first-order valence-electron chi connectivity index (χ1n) is 5.30. The summed E-state index contributed by atoms with van der Waals surface area (Å²) in [6.07, 6.45) is 3.90. The van der Waals surface area contributed by atoms with Gasteiger partial charge in [0.15, 0.2) is 0 Å². The summed E-state index contributed by atoms with van der Waals surface area (Å²) < 4.78 is 0. The summed E-state index contributed by atoms with van der Waals surface area (Å²) in [4.78, 5) is 13.7. The Morgan fingerprint density at radius 3 is 3.27 bits per heavy atom. The van der Waals surface area contributed by atoms with Crippen molar-refractivity contribution in [2.75, 3.05) is 18.4 Å². The Kier molecular flexibility index (Phi) is 2.89. The van der Waals surface area contributed by atoms with Gasteiger partial charge in [0.2, 0.25) is 5.91 Å². The molecule has 5 heteroatoms. The highest BCUT2D eigenvalue weighted by atomic mass is 16.2. The average Bonchev–Trinajstić information content (AvgIpc) is 2.84. The van der Waals surface area contributed by atoms with Crippen LogP contribution in [0.2, 0.25) is 0 Å². The number of amides is 1. The van der Waals surface area contributed by atoms with Gasteiger partial charge in [-0.3, -0.25) is 9.89 Å². The van der Waals surface area contributed by atoms with Crippen LogP contribution in [0, 0.1) is 0 Å². The zero-order chi connectivity index (χ0) is 10.7. The third-order valence-electron chi connectivity index (χ3n) is 2.80. The molecule has 1 aliphatic rings. The molecule has 0 bridgehead atoms. The first-order valence-corrected chi connectivity index (χ1v) is 5.30. The van der Waals surface area contributed by atoms with E-state index in [0.29, 0.717) is 12.6 Å². The van der Waals surface area contributed by atoms with Crippen LogP contribution in [0.15, 0.2) is 12.3 Å². The van der Waals surface area contributed by atoms with Crippen molar-refractivity contribution in [3.63, 3.8) is 0 Å². The fourth-order valence-electron chi connectivity index (χ4n) is 1.93. The highest BCUT2D eigenvalue weighted by Crippen LogP contribution is 2.16. The van der Waals surface area contributed by atoms with Crippen LogP contribution in [0.3, 0.4) is 0 Å². The molecule has 0 aliphatic carbocycles. The number of aromatic nitrogens is 2. The van der Waals surface area contributed by atoms with E-state index in [1.165, 1.54) is 0 Å². The lowest BCUT2D eigenvalue weighted by Crippen LogP contribution is -2.37. The molecule has 15 heavy (non-hydrogen) atoms. The van der Waals surface area contributed by atoms with E-state index in [1.807, 2.05) is 4.90 Å². The van der Waals surface area contributed by atoms with Crippen LogP contribution in [0.25, 0.3) is 0 Å². The molecule has 0 saturated carbocycles. The van der Waals surface area contributed by atoms with Crippen LogP contribution < -0.4 is 5.32 Å². The molecule has 5 nitrogen and oxygen atoms in total. The summed E-state index contributed by atoms with van der Waals surface area (Å²) in [5.74, 6) is 0.949. The number of hydrogen-bond donors (Lipinski definition) is 2. The molecule has 0 unspecified atom stereocenters. The van der Waals surface area contributed by atoms with Crippen molar-refractivity contribution < 1.29 is 4.79 Å². The third-order valence-corrected chi connectivity index (χ3v) is 2.80. The first-order chi connectivity index (χ1) is 7.27. The highest BCUT2D eigenvalue weighted by molar-refractivity contribution is 5.81. The number of aromatic amines is 1. The molecule has 1 amide bonds. The molecule has 0 radical (unpaired) electrons. The quantitative estimate of drug-likeness (QED) is 0.773. The minimum atomic E-state index is 0.162. The van der Waals surface area contributed by atoms with Gasteiger partial charge < -0.3 is 10.2 Å². The SMILES string of the molecule is C[C@@H]1CCCN1C(=O)CNc1ccn[nH]1. The molecule has 1 atom stereocenters. The van der Waals surface area contributed by atoms with Crippen molar-refractivity contribution in [2.45, 2.75) is 25.8 Å². The molecule has 1 aromatic heterocycles. The molecule has 1 fully saturated rings. The van der Waals surface area contributed by atoms with Gasteiger partial charge >= 0.3 is 0 Å². The van der Waals surface area contributed by atoms with E-state index in [2.05, 4.69) is 22.4 Å². The van der Waals surface area contributed by atoms with Gasteiger partial charge in [0, 0.05) is 12.6 Å². The van der Waals surface area contributed by atoms with Crippen LogP contribution >= 0.6 is 0 Å². The maximum absolute atomic E-state index is 11.8. The van der Waals surface area contributed by atoms with Gasteiger partial charge in [-0.05, 0) is 25.8 Å². The molecular weight excluding hydrogens is 192 g/mol. The smallest absolute Gasteiger partial charge is 0.242 e. The molecule has 2 heterocycles. The standard InChI is InChI=1S/C10H16N4O/c1-8-3-2-6-14(8)10(15)7-11-9-4-5-12-13-9/h4-5,8H,2-3,6-7H2,1H3,(H2,11,12,13)/t8-/m1/s1. The van der Waals surface area contributed by atoms with Gasteiger partial charge in [-0.1, -0.05) is 0 Å². The number of carbonyl (C=O) groups is 1. The van der Waals surface area contributed by atoms with E-state index >= 15 is 0 Å². The second kappa shape index (κ2) is 4.33.